The molecule has 3 nitrogen and oxygen atoms in total. The fourth-order valence-corrected chi connectivity index (χ4v) is 1.47. The summed E-state index contributed by atoms with van der Waals surface area (Å²) in [6, 6.07) is 2.14. The van der Waals surface area contributed by atoms with Crippen molar-refractivity contribution in [1.82, 2.24) is 4.90 Å². The minimum absolute atomic E-state index is 0.690. The van der Waals surface area contributed by atoms with Gasteiger partial charge < -0.3 is 10.6 Å². The Labute approximate surface area is 80.5 Å². The number of nitriles is 1. The molecule has 1 unspecified atom stereocenters. The van der Waals surface area contributed by atoms with Crippen LogP contribution in [0, 0.1) is 17.2 Å². The first-order valence-electron chi connectivity index (χ1n) is 5.00. The van der Waals surface area contributed by atoms with Gasteiger partial charge in [0.2, 0.25) is 0 Å². The minimum Gasteiger partial charge on any atom is -0.313 e. The van der Waals surface area contributed by atoms with Gasteiger partial charge in [0.1, 0.15) is 5.54 Å². The molecule has 0 aromatic heterocycles. The molecule has 1 rings (SSSR count). The van der Waals surface area contributed by atoms with Crippen LogP contribution >= 0.6 is 0 Å². The van der Waals surface area contributed by atoms with E-state index in [4.69, 9.17) is 11.0 Å². The SMILES string of the molecule is CCN(CC1CC1)CC(C)(N)C#N. The molecule has 13 heavy (non-hydrogen) atoms. The van der Waals surface area contributed by atoms with Crippen LogP contribution in [0.25, 0.3) is 0 Å². The Bertz CT molecular complexity index is 201. The first-order valence-corrected chi connectivity index (χ1v) is 5.00. The molecule has 1 atom stereocenters. The normalized spacial score (nSPS) is 21.2. The average Bonchev–Trinajstić information content (AvgIpc) is 2.87. The molecule has 0 saturated heterocycles. The number of likely N-dealkylation sites (N-methyl/N-ethyl adjacent to an activating group) is 1. The van der Waals surface area contributed by atoms with Crippen LogP contribution in [0.4, 0.5) is 0 Å². The van der Waals surface area contributed by atoms with Gasteiger partial charge in [0.15, 0.2) is 0 Å². The van der Waals surface area contributed by atoms with Crippen molar-refractivity contribution < 1.29 is 0 Å². The van der Waals surface area contributed by atoms with Crippen molar-refractivity contribution in [3.63, 3.8) is 0 Å². The molecular formula is C10H19N3. The zero-order valence-electron chi connectivity index (χ0n) is 8.58. The van der Waals surface area contributed by atoms with E-state index in [1.165, 1.54) is 12.8 Å². The Morgan fingerprint density at radius 3 is 2.62 bits per heavy atom. The molecule has 0 radical (unpaired) electrons. The molecule has 0 aliphatic heterocycles. The minimum atomic E-state index is -0.690. The zero-order chi connectivity index (χ0) is 9.90. The maximum Gasteiger partial charge on any atom is 0.114 e. The molecule has 0 heterocycles. The lowest BCUT2D eigenvalue weighted by molar-refractivity contribution is 0.242. The number of rotatable bonds is 5. The predicted octanol–water partition coefficient (Wildman–Crippen LogP) is 0.959. The lowest BCUT2D eigenvalue weighted by atomic mass is 10.1. The maximum absolute atomic E-state index is 8.79. The Balaban J connectivity index is 2.34. The lowest BCUT2D eigenvalue weighted by Gasteiger charge is -2.26. The Morgan fingerprint density at radius 1 is 1.62 bits per heavy atom. The third-order valence-corrected chi connectivity index (χ3v) is 2.47. The smallest absolute Gasteiger partial charge is 0.114 e. The molecular weight excluding hydrogens is 162 g/mol. The van der Waals surface area contributed by atoms with E-state index in [0.29, 0.717) is 6.54 Å². The van der Waals surface area contributed by atoms with Crippen molar-refractivity contribution in [3.05, 3.63) is 0 Å². The number of hydrogen-bond donors (Lipinski definition) is 1. The molecule has 2 N–H and O–H groups in total. The van der Waals surface area contributed by atoms with Gasteiger partial charge in [-0.25, -0.2) is 0 Å². The van der Waals surface area contributed by atoms with Gasteiger partial charge in [-0.05, 0) is 32.2 Å². The summed E-state index contributed by atoms with van der Waals surface area (Å²) < 4.78 is 0. The van der Waals surface area contributed by atoms with Crippen LogP contribution < -0.4 is 5.73 Å². The monoisotopic (exact) mass is 181 g/mol. The number of hydrogen-bond acceptors (Lipinski definition) is 3. The molecule has 0 amide bonds. The van der Waals surface area contributed by atoms with Crippen molar-refractivity contribution in [3.8, 4) is 6.07 Å². The van der Waals surface area contributed by atoms with Crippen LogP contribution in [0.3, 0.4) is 0 Å². The van der Waals surface area contributed by atoms with E-state index in [1.807, 2.05) is 0 Å². The van der Waals surface area contributed by atoms with Crippen LogP contribution in [-0.2, 0) is 0 Å². The summed E-state index contributed by atoms with van der Waals surface area (Å²) in [6.45, 7) is 6.71. The molecule has 1 aliphatic rings. The van der Waals surface area contributed by atoms with Crippen LogP contribution in [0.2, 0.25) is 0 Å². The fraction of sp³-hybridized carbons (Fsp3) is 0.900. The molecule has 1 saturated carbocycles. The summed E-state index contributed by atoms with van der Waals surface area (Å²) in [7, 11) is 0. The van der Waals surface area contributed by atoms with Gasteiger partial charge in [-0.2, -0.15) is 5.26 Å². The van der Waals surface area contributed by atoms with Crippen LogP contribution in [0.1, 0.15) is 26.7 Å². The second kappa shape index (κ2) is 4.08. The molecule has 3 heteroatoms. The van der Waals surface area contributed by atoms with E-state index in [9.17, 15) is 0 Å². The highest BCUT2D eigenvalue weighted by atomic mass is 15.1. The van der Waals surface area contributed by atoms with Crippen molar-refractivity contribution >= 4 is 0 Å². The standard InChI is InChI=1S/C10H19N3/c1-3-13(6-9-4-5-9)8-10(2,12)7-11/h9H,3-6,8,12H2,1-2H3. The highest BCUT2D eigenvalue weighted by molar-refractivity contribution is 5.03. The highest BCUT2D eigenvalue weighted by Gasteiger charge is 2.27. The van der Waals surface area contributed by atoms with Crippen LogP contribution in [-0.4, -0.2) is 30.1 Å². The molecule has 74 valence electrons. The second-order valence-corrected chi connectivity index (χ2v) is 4.30. The van der Waals surface area contributed by atoms with Gasteiger partial charge in [0.05, 0.1) is 6.07 Å². The van der Waals surface area contributed by atoms with E-state index in [1.54, 1.807) is 6.92 Å². The molecule has 1 aliphatic carbocycles. The van der Waals surface area contributed by atoms with Gasteiger partial charge in [0.25, 0.3) is 0 Å². The topological polar surface area (TPSA) is 53.0 Å². The summed E-state index contributed by atoms with van der Waals surface area (Å²) in [5.74, 6) is 0.870. The average molecular weight is 181 g/mol. The van der Waals surface area contributed by atoms with Gasteiger partial charge in [0, 0.05) is 13.1 Å². The predicted molar refractivity (Wildman–Crippen MR) is 53.0 cm³/mol. The van der Waals surface area contributed by atoms with Crippen molar-refractivity contribution in [1.29, 1.82) is 5.26 Å². The van der Waals surface area contributed by atoms with Gasteiger partial charge in [-0.3, -0.25) is 0 Å². The largest absolute Gasteiger partial charge is 0.313 e. The lowest BCUT2D eigenvalue weighted by Crippen LogP contribution is -2.47. The number of nitrogens with two attached hydrogens (primary N) is 1. The second-order valence-electron chi connectivity index (χ2n) is 4.30. The first kappa shape index (κ1) is 10.5. The van der Waals surface area contributed by atoms with E-state index >= 15 is 0 Å². The quantitative estimate of drug-likeness (QED) is 0.687. The van der Waals surface area contributed by atoms with Crippen LogP contribution in [0.15, 0.2) is 0 Å². The maximum atomic E-state index is 8.79. The molecule has 0 bridgehead atoms. The van der Waals surface area contributed by atoms with E-state index in [-0.39, 0.29) is 0 Å². The zero-order valence-corrected chi connectivity index (χ0v) is 8.58. The molecule has 0 aromatic carbocycles. The van der Waals surface area contributed by atoms with Crippen molar-refractivity contribution in [2.45, 2.75) is 32.2 Å². The van der Waals surface area contributed by atoms with Crippen molar-refractivity contribution in [2.24, 2.45) is 11.7 Å². The highest BCUT2D eigenvalue weighted by Crippen LogP contribution is 2.29. The van der Waals surface area contributed by atoms with E-state index in [2.05, 4.69) is 17.9 Å². The fourth-order valence-electron chi connectivity index (χ4n) is 1.47. The summed E-state index contributed by atoms with van der Waals surface area (Å²) in [6.07, 6.45) is 2.70. The summed E-state index contributed by atoms with van der Waals surface area (Å²) in [4.78, 5) is 2.28. The van der Waals surface area contributed by atoms with E-state index in [0.717, 1.165) is 19.0 Å². The number of nitrogens with zero attached hydrogens (tertiary/aromatic N) is 2. The third kappa shape index (κ3) is 3.75. The van der Waals surface area contributed by atoms with Gasteiger partial charge >= 0.3 is 0 Å². The van der Waals surface area contributed by atoms with Gasteiger partial charge in [-0.15, -0.1) is 0 Å². The summed E-state index contributed by atoms with van der Waals surface area (Å²) in [5.41, 5.74) is 5.10. The Kier molecular flexibility index (Phi) is 3.29. The van der Waals surface area contributed by atoms with Crippen LogP contribution in [0.5, 0.6) is 0 Å². The van der Waals surface area contributed by atoms with Crippen molar-refractivity contribution in [2.75, 3.05) is 19.6 Å². The Morgan fingerprint density at radius 2 is 2.23 bits per heavy atom. The summed E-state index contributed by atoms with van der Waals surface area (Å²) in [5, 5.41) is 8.79. The first-order chi connectivity index (χ1) is 6.07. The third-order valence-electron chi connectivity index (χ3n) is 2.47. The molecule has 0 aromatic rings. The summed E-state index contributed by atoms with van der Waals surface area (Å²) >= 11 is 0. The molecule has 1 fully saturated rings. The Hall–Kier alpha value is -0.590. The van der Waals surface area contributed by atoms with Gasteiger partial charge in [-0.1, -0.05) is 6.92 Å². The molecule has 0 spiro atoms. The van der Waals surface area contributed by atoms with E-state index < -0.39 is 5.54 Å².